The van der Waals surface area contributed by atoms with Gasteiger partial charge in [0.1, 0.15) is 23.6 Å². The van der Waals surface area contributed by atoms with Gasteiger partial charge in [-0.15, -0.1) is 11.8 Å². The highest BCUT2D eigenvalue weighted by Crippen LogP contribution is 2.34. The Kier molecular flexibility index (Phi) is 7.91. The molecule has 0 spiro atoms. The number of carbonyl (C=O) groups excluding carboxylic acids is 1. The second-order valence-electron chi connectivity index (χ2n) is 7.75. The van der Waals surface area contributed by atoms with Gasteiger partial charge in [0.05, 0.1) is 42.6 Å². The van der Waals surface area contributed by atoms with Crippen LogP contribution in [-0.2, 0) is 6.61 Å². The number of nitrogens with zero attached hydrogens (tertiary/aromatic N) is 4. The van der Waals surface area contributed by atoms with Crippen molar-refractivity contribution in [2.45, 2.75) is 18.8 Å². The summed E-state index contributed by atoms with van der Waals surface area (Å²) in [7, 11) is 2.99. The number of hydrogen-bond donors (Lipinski definition) is 3. The summed E-state index contributed by atoms with van der Waals surface area (Å²) < 4.78 is 19.6. The number of anilines is 1. The first-order valence-electron chi connectivity index (χ1n) is 11.1. The Bertz CT molecular complexity index is 1400. The Hall–Kier alpha value is -3.83. The van der Waals surface area contributed by atoms with Crippen molar-refractivity contribution in [3.8, 4) is 17.0 Å². The van der Waals surface area contributed by atoms with Crippen molar-refractivity contribution in [1.82, 2.24) is 25.3 Å². The fraction of sp³-hybridized carbons (Fsp3) is 0.240. The highest BCUT2D eigenvalue weighted by molar-refractivity contribution is 7.99. The van der Waals surface area contributed by atoms with Gasteiger partial charge in [0.25, 0.3) is 5.91 Å². The van der Waals surface area contributed by atoms with E-state index in [0.29, 0.717) is 39.7 Å². The molecule has 0 unspecified atom stereocenters. The van der Waals surface area contributed by atoms with E-state index >= 15 is 0 Å². The van der Waals surface area contributed by atoms with E-state index in [4.69, 9.17) is 4.74 Å². The molecule has 0 aliphatic carbocycles. The van der Waals surface area contributed by atoms with E-state index in [1.165, 1.54) is 20.5 Å². The number of aromatic nitrogens is 4. The quantitative estimate of drug-likeness (QED) is 0.288. The first kappa shape index (κ1) is 25.3. The third-order valence-electron chi connectivity index (χ3n) is 5.62. The van der Waals surface area contributed by atoms with Gasteiger partial charge in [0.15, 0.2) is 5.82 Å². The summed E-state index contributed by atoms with van der Waals surface area (Å²) in [5, 5.41) is 15.6. The Labute approximate surface area is 211 Å². The zero-order valence-electron chi connectivity index (χ0n) is 19.9. The number of pyridine rings is 2. The van der Waals surface area contributed by atoms with E-state index in [9.17, 15) is 14.3 Å². The molecule has 1 amide bonds. The number of aliphatic hydroxyl groups is 1. The minimum atomic E-state index is -0.653. The standard InChI is InChI=1S/C25H25FN6O3S/c1-14(16-5-4-6-17-23(25(34)27-2)18(26)10-29-24(16)17)36-13-32-22-8-19(30-12-31-22)15-7-21(35-3)20(11-33)28-9-15/h4-10,12,14,33H,11,13H2,1-3H3,(H,27,34)(H,30,31,32)/t14-/m0/s1. The van der Waals surface area contributed by atoms with Crippen LogP contribution in [0.1, 0.15) is 33.8 Å². The molecular weight excluding hydrogens is 483 g/mol. The van der Waals surface area contributed by atoms with Crippen molar-refractivity contribution in [2.24, 2.45) is 0 Å². The first-order chi connectivity index (χ1) is 17.5. The minimum Gasteiger partial charge on any atom is -0.495 e. The molecule has 0 bridgehead atoms. The van der Waals surface area contributed by atoms with Gasteiger partial charge >= 0.3 is 0 Å². The van der Waals surface area contributed by atoms with Gasteiger partial charge in [0.2, 0.25) is 0 Å². The lowest BCUT2D eigenvalue weighted by Crippen LogP contribution is -2.20. The van der Waals surface area contributed by atoms with Gasteiger partial charge in [-0.25, -0.2) is 14.4 Å². The zero-order chi connectivity index (χ0) is 25.7. The molecule has 0 aliphatic heterocycles. The average Bonchev–Trinajstić information content (AvgIpc) is 2.91. The largest absolute Gasteiger partial charge is 0.495 e. The second kappa shape index (κ2) is 11.3. The summed E-state index contributed by atoms with van der Waals surface area (Å²) in [6, 6.07) is 9.01. The molecule has 3 N–H and O–H groups in total. The number of ether oxygens (including phenoxy) is 1. The summed E-state index contributed by atoms with van der Waals surface area (Å²) in [5.74, 6) is 0.500. The number of fused-ring (bicyclic) bond motifs is 1. The number of amides is 1. The molecule has 36 heavy (non-hydrogen) atoms. The van der Waals surface area contributed by atoms with E-state index < -0.39 is 11.7 Å². The molecule has 1 aromatic carbocycles. The van der Waals surface area contributed by atoms with Crippen LogP contribution in [0.2, 0.25) is 0 Å². The molecule has 0 saturated carbocycles. The average molecular weight is 509 g/mol. The van der Waals surface area contributed by atoms with Crippen LogP contribution in [-0.4, -0.2) is 51.0 Å². The van der Waals surface area contributed by atoms with Gasteiger partial charge in [-0.3, -0.25) is 14.8 Å². The topological polar surface area (TPSA) is 122 Å². The summed E-state index contributed by atoms with van der Waals surface area (Å²) in [6.07, 6.45) is 4.17. The van der Waals surface area contributed by atoms with Crippen LogP contribution in [0.3, 0.4) is 0 Å². The Morgan fingerprint density at radius 1 is 1.19 bits per heavy atom. The highest BCUT2D eigenvalue weighted by atomic mass is 32.2. The SMILES string of the molecule is CNC(=O)c1c(F)cnc2c([C@H](C)SCNc3cc(-c4cnc(CO)c(OC)c4)ncn3)cccc12. The van der Waals surface area contributed by atoms with Crippen molar-refractivity contribution in [3.63, 3.8) is 0 Å². The molecular formula is C25H25FN6O3S. The third-order valence-corrected chi connectivity index (χ3v) is 6.69. The maximum absolute atomic E-state index is 14.3. The molecule has 11 heteroatoms. The predicted octanol–water partition coefficient (Wildman–Crippen LogP) is 3.95. The second-order valence-corrected chi connectivity index (χ2v) is 9.08. The number of carbonyl (C=O) groups is 1. The number of benzene rings is 1. The van der Waals surface area contributed by atoms with Crippen LogP contribution in [0.25, 0.3) is 22.2 Å². The van der Waals surface area contributed by atoms with E-state index in [1.807, 2.05) is 13.0 Å². The van der Waals surface area contributed by atoms with E-state index in [1.54, 1.807) is 42.2 Å². The molecule has 9 nitrogen and oxygen atoms in total. The predicted molar refractivity (Wildman–Crippen MR) is 137 cm³/mol. The van der Waals surface area contributed by atoms with Gasteiger partial charge in [0, 0.05) is 35.5 Å². The Morgan fingerprint density at radius 3 is 2.78 bits per heavy atom. The van der Waals surface area contributed by atoms with Gasteiger partial charge in [-0.1, -0.05) is 18.2 Å². The highest BCUT2D eigenvalue weighted by Gasteiger charge is 2.19. The summed E-state index contributed by atoms with van der Waals surface area (Å²) >= 11 is 1.61. The van der Waals surface area contributed by atoms with Crippen molar-refractivity contribution in [1.29, 1.82) is 0 Å². The fourth-order valence-electron chi connectivity index (χ4n) is 3.76. The summed E-state index contributed by atoms with van der Waals surface area (Å²) in [5.41, 5.74) is 3.32. The van der Waals surface area contributed by atoms with Crippen LogP contribution < -0.4 is 15.4 Å². The van der Waals surface area contributed by atoms with Crippen LogP contribution in [0, 0.1) is 5.82 Å². The number of thioether (sulfide) groups is 1. The van der Waals surface area contributed by atoms with Crippen LogP contribution in [0.15, 0.2) is 49.1 Å². The summed E-state index contributed by atoms with van der Waals surface area (Å²) in [4.78, 5) is 29.3. The smallest absolute Gasteiger partial charge is 0.254 e. The van der Waals surface area contributed by atoms with E-state index in [-0.39, 0.29) is 17.4 Å². The van der Waals surface area contributed by atoms with E-state index in [2.05, 4.69) is 30.6 Å². The first-order valence-corrected chi connectivity index (χ1v) is 12.1. The van der Waals surface area contributed by atoms with Gasteiger partial charge in [-0.2, -0.15) is 0 Å². The number of para-hydroxylation sites is 1. The van der Waals surface area contributed by atoms with Crippen molar-refractivity contribution in [3.05, 3.63) is 71.7 Å². The number of nitrogens with one attached hydrogen (secondary N) is 2. The molecule has 1 atom stereocenters. The Morgan fingerprint density at radius 2 is 2.03 bits per heavy atom. The lowest BCUT2D eigenvalue weighted by molar-refractivity contribution is 0.0960. The summed E-state index contributed by atoms with van der Waals surface area (Å²) in [6.45, 7) is 1.81. The number of aliphatic hydroxyl groups excluding tert-OH is 1. The number of methoxy groups -OCH3 is 1. The normalized spacial score (nSPS) is 11.8. The number of hydrogen-bond acceptors (Lipinski definition) is 9. The monoisotopic (exact) mass is 508 g/mol. The van der Waals surface area contributed by atoms with Crippen molar-refractivity contribution >= 4 is 34.4 Å². The molecule has 0 fully saturated rings. The number of halogens is 1. The van der Waals surface area contributed by atoms with Crippen molar-refractivity contribution < 1.29 is 19.0 Å². The lowest BCUT2D eigenvalue weighted by atomic mass is 10.0. The fourth-order valence-corrected chi connectivity index (χ4v) is 4.61. The maximum Gasteiger partial charge on any atom is 0.254 e. The number of rotatable bonds is 9. The maximum atomic E-state index is 14.3. The third kappa shape index (κ3) is 5.21. The molecule has 3 aromatic heterocycles. The van der Waals surface area contributed by atoms with Crippen LogP contribution >= 0.6 is 11.8 Å². The van der Waals surface area contributed by atoms with E-state index in [0.717, 1.165) is 17.3 Å². The molecule has 0 saturated heterocycles. The molecule has 0 radical (unpaired) electrons. The Balaban J connectivity index is 1.49. The van der Waals surface area contributed by atoms with Gasteiger partial charge < -0.3 is 20.5 Å². The van der Waals surface area contributed by atoms with Crippen LogP contribution in [0.5, 0.6) is 5.75 Å². The zero-order valence-corrected chi connectivity index (χ0v) is 20.8. The molecule has 186 valence electrons. The molecule has 3 heterocycles. The molecule has 0 aliphatic rings. The van der Waals surface area contributed by atoms with Crippen LogP contribution in [0.4, 0.5) is 10.2 Å². The lowest BCUT2D eigenvalue weighted by Gasteiger charge is -2.16. The molecule has 4 rings (SSSR count). The molecule has 4 aromatic rings. The minimum absolute atomic E-state index is 0.00232. The van der Waals surface area contributed by atoms with Gasteiger partial charge in [-0.05, 0) is 18.6 Å². The van der Waals surface area contributed by atoms with Crippen molar-refractivity contribution in [2.75, 3.05) is 25.4 Å².